The maximum absolute atomic E-state index is 10.4. The number of allylic oxidation sites excluding steroid dienone is 1. The minimum atomic E-state index is -0.123. The van der Waals surface area contributed by atoms with Gasteiger partial charge < -0.3 is 13.0 Å². The van der Waals surface area contributed by atoms with E-state index in [1.165, 1.54) is 7.11 Å². The summed E-state index contributed by atoms with van der Waals surface area (Å²) in [6, 6.07) is 0. The number of hydrogen-bond donors (Lipinski definition) is 1. The maximum atomic E-state index is 10.4. The van der Waals surface area contributed by atoms with E-state index in [-0.39, 0.29) is 38.6 Å². The normalized spacial score (nSPS) is 6.92. The van der Waals surface area contributed by atoms with Gasteiger partial charge in [0.05, 0.1) is 7.11 Å². The van der Waals surface area contributed by atoms with Crippen molar-refractivity contribution in [2.24, 2.45) is 0 Å². The van der Waals surface area contributed by atoms with Crippen LogP contribution >= 0.6 is 0 Å². The van der Waals surface area contributed by atoms with Crippen LogP contribution in [-0.2, 0) is 42.3 Å². The van der Waals surface area contributed by atoms with Gasteiger partial charge in [-0.1, -0.05) is 0 Å². The van der Waals surface area contributed by atoms with Gasteiger partial charge in [0.25, 0.3) is 0 Å². The summed E-state index contributed by atoms with van der Waals surface area (Å²) in [5, 5.41) is 0. The second-order valence-corrected chi connectivity index (χ2v) is 1.69. The summed E-state index contributed by atoms with van der Waals surface area (Å²) >= 11 is 0. The minimum absolute atomic E-state index is 0. The van der Waals surface area contributed by atoms with Gasteiger partial charge >= 0.3 is 0 Å². The smallest absolute Gasteiger partial charge is 0.240 e. The van der Waals surface area contributed by atoms with Crippen molar-refractivity contribution in [1.29, 1.82) is 0 Å². The molecule has 3 nitrogen and oxygen atoms in total. The van der Waals surface area contributed by atoms with E-state index in [9.17, 15) is 4.79 Å². The molecule has 0 fully saturated rings. The molecule has 0 aliphatic rings. The number of carbonyl (C=O) groups excluding carboxylic acids is 1. The first-order valence-electron chi connectivity index (χ1n) is 3.27. The summed E-state index contributed by atoms with van der Waals surface area (Å²) in [6.07, 6.45) is 3.53. The summed E-state index contributed by atoms with van der Waals surface area (Å²) in [5.41, 5.74) is 2.17. The molecule has 0 aromatic carbocycles. The van der Waals surface area contributed by atoms with E-state index in [0.29, 0.717) is 12.8 Å². The molecule has 1 N–H and O–H groups in total. The number of carbonyl (C=O) groups is 1. The van der Waals surface area contributed by atoms with E-state index in [4.69, 9.17) is 0 Å². The van der Waals surface area contributed by atoms with Gasteiger partial charge in [-0.25, -0.2) is 5.48 Å². The zero-order valence-electron chi connectivity index (χ0n) is 7.72. The van der Waals surface area contributed by atoms with Crippen molar-refractivity contribution >= 4 is 5.91 Å². The van der Waals surface area contributed by atoms with Crippen LogP contribution in [0.4, 0.5) is 0 Å². The third-order valence-electron chi connectivity index (χ3n) is 0.620. The van der Waals surface area contributed by atoms with Gasteiger partial charge in [0.2, 0.25) is 5.91 Å². The Morgan fingerprint density at radius 1 is 1.75 bits per heavy atom. The second kappa shape index (κ2) is 17.4. The van der Waals surface area contributed by atoms with Crippen LogP contribution < -0.4 is 5.48 Å². The number of amides is 1. The van der Waals surface area contributed by atoms with Gasteiger partial charge in [-0.2, -0.15) is 13.3 Å². The van der Waals surface area contributed by atoms with E-state index in [2.05, 4.69) is 29.9 Å². The quantitative estimate of drug-likeness (QED) is 0.601. The molecule has 0 atom stereocenters. The topological polar surface area (TPSA) is 38.3 Å². The number of hydrogen-bond acceptors (Lipinski definition) is 2. The summed E-state index contributed by atoms with van der Waals surface area (Å²) in [7, 11) is 1.40. The Morgan fingerprint density at radius 2 is 2.17 bits per heavy atom. The van der Waals surface area contributed by atoms with Crippen molar-refractivity contribution in [3.63, 3.8) is 0 Å². The average Bonchev–Trinajstić information content (AvgIpc) is 1.90. The molecule has 69 valence electrons. The van der Waals surface area contributed by atoms with Gasteiger partial charge in [0, 0.05) is 39.1 Å². The number of nitrogens with one attached hydrogen (secondary N) is 1. The van der Waals surface area contributed by atoms with Crippen molar-refractivity contribution in [2.45, 2.75) is 19.8 Å². The predicted octanol–water partition coefficient (Wildman–Crippen LogP) is 1.27. The molecule has 0 heterocycles. The van der Waals surface area contributed by atoms with Crippen LogP contribution in [0.2, 0.25) is 0 Å². The van der Waals surface area contributed by atoms with Crippen molar-refractivity contribution in [1.82, 2.24) is 5.48 Å². The van der Waals surface area contributed by atoms with Gasteiger partial charge in [-0.05, 0) is 0 Å². The molecule has 0 aromatic rings. The zero-order chi connectivity index (χ0) is 9.11. The SMILES string of the molecule is C=[C-]C.[CH2-]CCC(=O)NOC.[Y]. The van der Waals surface area contributed by atoms with Crippen LogP contribution in [0, 0.1) is 13.0 Å². The zero-order valence-corrected chi connectivity index (χ0v) is 10.6. The average molecular weight is 246 g/mol. The van der Waals surface area contributed by atoms with Crippen molar-refractivity contribution in [3.05, 3.63) is 19.6 Å². The molecule has 0 saturated carbocycles. The Morgan fingerprint density at radius 3 is 2.42 bits per heavy atom. The molecule has 0 aliphatic heterocycles. The molecular formula is C8H15NO2Y-2. The van der Waals surface area contributed by atoms with Crippen LogP contribution in [0.25, 0.3) is 0 Å². The van der Waals surface area contributed by atoms with E-state index >= 15 is 0 Å². The predicted molar refractivity (Wildman–Crippen MR) is 44.3 cm³/mol. The van der Waals surface area contributed by atoms with E-state index in [1.54, 1.807) is 6.92 Å². The summed E-state index contributed by atoms with van der Waals surface area (Å²) in [5.74, 6) is -0.123. The largest absolute Gasteiger partial charge is 0.507 e. The number of hydroxylamine groups is 1. The Bertz CT molecular complexity index is 99.2. The van der Waals surface area contributed by atoms with Crippen molar-refractivity contribution in [3.8, 4) is 0 Å². The molecule has 0 spiro atoms. The van der Waals surface area contributed by atoms with Gasteiger partial charge in [-0.15, -0.1) is 0 Å². The molecule has 0 saturated heterocycles. The summed E-state index contributed by atoms with van der Waals surface area (Å²) in [6.45, 7) is 8.49. The van der Waals surface area contributed by atoms with Gasteiger partial charge in [-0.3, -0.25) is 16.2 Å². The summed E-state index contributed by atoms with van der Waals surface area (Å²) < 4.78 is 0. The first kappa shape index (κ1) is 18.1. The molecule has 0 aliphatic carbocycles. The molecule has 0 aromatic heterocycles. The third-order valence-corrected chi connectivity index (χ3v) is 0.620. The first-order chi connectivity index (χ1) is 5.22. The van der Waals surface area contributed by atoms with Gasteiger partial charge in [0.1, 0.15) is 0 Å². The Kier molecular flexibility index (Phi) is 26.3. The Balaban J connectivity index is -0.000000177. The molecule has 0 rings (SSSR count). The van der Waals surface area contributed by atoms with E-state index in [0.717, 1.165) is 0 Å². The van der Waals surface area contributed by atoms with Crippen molar-refractivity contribution in [2.75, 3.05) is 7.11 Å². The fourth-order valence-corrected chi connectivity index (χ4v) is 0.325. The van der Waals surface area contributed by atoms with Crippen LogP contribution in [0.15, 0.2) is 6.58 Å². The molecule has 0 unspecified atom stereocenters. The molecule has 1 radical (unpaired) electrons. The monoisotopic (exact) mass is 246 g/mol. The van der Waals surface area contributed by atoms with Crippen LogP contribution in [-0.4, -0.2) is 13.0 Å². The van der Waals surface area contributed by atoms with E-state index in [1.807, 2.05) is 0 Å². The fraction of sp³-hybridized carbons (Fsp3) is 0.500. The molecular weight excluding hydrogens is 231 g/mol. The molecule has 12 heavy (non-hydrogen) atoms. The second-order valence-electron chi connectivity index (χ2n) is 1.69. The maximum Gasteiger partial charge on any atom is 0.240 e. The standard InChI is InChI=1S/C5H10NO2.C3H5.Y/c1-3-4-5(7)6-8-2;1-3-2;/h1,3-4H2,2H3,(H,6,7);1H2,2H3;/q2*-1;. The van der Waals surface area contributed by atoms with Crippen LogP contribution in [0.1, 0.15) is 19.8 Å². The Labute approximate surface area is 99.8 Å². The molecule has 1 amide bonds. The first-order valence-corrected chi connectivity index (χ1v) is 3.27. The van der Waals surface area contributed by atoms with Gasteiger partial charge in [0.15, 0.2) is 0 Å². The Hall–Kier alpha value is 0.274. The minimum Gasteiger partial charge on any atom is -0.507 e. The number of rotatable bonds is 3. The van der Waals surface area contributed by atoms with Crippen LogP contribution in [0.5, 0.6) is 0 Å². The van der Waals surface area contributed by atoms with Crippen molar-refractivity contribution < 1.29 is 42.3 Å². The van der Waals surface area contributed by atoms with E-state index < -0.39 is 0 Å². The van der Waals surface area contributed by atoms with Crippen LogP contribution in [0.3, 0.4) is 0 Å². The third kappa shape index (κ3) is 22.4. The summed E-state index contributed by atoms with van der Waals surface area (Å²) in [4.78, 5) is 14.7. The fourth-order valence-electron chi connectivity index (χ4n) is 0.325. The molecule has 0 bridgehead atoms. The molecule has 4 heteroatoms.